The SMILES string of the molecule is Cc1nc(-c2ccccc2)[nH]c(=O)c1CC(=O)NN. The molecule has 0 radical (unpaired) electrons. The molecule has 0 atom stereocenters. The van der Waals surface area contributed by atoms with Crippen LogP contribution >= 0.6 is 0 Å². The number of carbonyl (C=O) groups is 1. The standard InChI is InChI=1S/C13H14N4O2/c1-8-10(7-11(18)17-14)13(19)16-12(15-8)9-5-3-2-4-6-9/h2-6H,7,14H2,1H3,(H,17,18)(H,15,16,19). The van der Waals surface area contributed by atoms with Gasteiger partial charge < -0.3 is 4.98 Å². The topological polar surface area (TPSA) is 101 Å². The summed E-state index contributed by atoms with van der Waals surface area (Å²) in [6.07, 6.45) is -0.0836. The zero-order valence-electron chi connectivity index (χ0n) is 10.4. The van der Waals surface area contributed by atoms with Gasteiger partial charge in [0, 0.05) is 16.8 Å². The van der Waals surface area contributed by atoms with Crippen LogP contribution < -0.4 is 16.8 Å². The van der Waals surface area contributed by atoms with E-state index in [1.54, 1.807) is 6.92 Å². The smallest absolute Gasteiger partial charge is 0.255 e. The molecule has 0 spiro atoms. The summed E-state index contributed by atoms with van der Waals surface area (Å²) in [5.41, 5.74) is 3.33. The molecule has 19 heavy (non-hydrogen) atoms. The molecular formula is C13H14N4O2. The van der Waals surface area contributed by atoms with Crippen LogP contribution in [0.5, 0.6) is 0 Å². The zero-order chi connectivity index (χ0) is 13.8. The van der Waals surface area contributed by atoms with E-state index in [9.17, 15) is 9.59 Å². The number of hydrogen-bond donors (Lipinski definition) is 3. The number of nitrogens with zero attached hydrogens (tertiary/aromatic N) is 1. The van der Waals surface area contributed by atoms with Crippen molar-refractivity contribution in [3.8, 4) is 11.4 Å². The Morgan fingerprint density at radius 3 is 2.63 bits per heavy atom. The van der Waals surface area contributed by atoms with Crippen molar-refractivity contribution in [1.29, 1.82) is 0 Å². The average Bonchev–Trinajstić information content (AvgIpc) is 2.43. The second kappa shape index (κ2) is 5.45. The molecule has 4 N–H and O–H groups in total. The van der Waals surface area contributed by atoms with Crippen molar-refractivity contribution in [3.63, 3.8) is 0 Å². The van der Waals surface area contributed by atoms with E-state index in [0.717, 1.165) is 5.56 Å². The molecule has 0 fully saturated rings. The molecular weight excluding hydrogens is 244 g/mol. The number of carbonyl (C=O) groups excluding carboxylic acids is 1. The Kier molecular flexibility index (Phi) is 3.72. The number of H-pyrrole nitrogens is 1. The lowest BCUT2D eigenvalue weighted by atomic mass is 10.1. The molecule has 1 aromatic heterocycles. The van der Waals surface area contributed by atoms with Crippen LogP contribution in [-0.2, 0) is 11.2 Å². The monoisotopic (exact) mass is 258 g/mol. The van der Waals surface area contributed by atoms with Crippen molar-refractivity contribution in [2.75, 3.05) is 0 Å². The minimum atomic E-state index is -0.428. The van der Waals surface area contributed by atoms with E-state index >= 15 is 0 Å². The molecule has 1 aromatic carbocycles. The summed E-state index contributed by atoms with van der Waals surface area (Å²) in [6, 6.07) is 9.31. The number of hydrazine groups is 1. The van der Waals surface area contributed by atoms with E-state index in [4.69, 9.17) is 5.84 Å². The highest BCUT2D eigenvalue weighted by Crippen LogP contribution is 2.13. The van der Waals surface area contributed by atoms with Gasteiger partial charge in [0.2, 0.25) is 5.91 Å². The van der Waals surface area contributed by atoms with Gasteiger partial charge in [-0.3, -0.25) is 15.0 Å². The minimum absolute atomic E-state index is 0.0836. The molecule has 2 rings (SSSR count). The molecule has 0 saturated heterocycles. The van der Waals surface area contributed by atoms with Crippen LogP contribution in [-0.4, -0.2) is 15.9 Å². The van der Waals surface area contributed by atoms with Gasteiger partial charge in [-0.1, -0.05) is 30.3 Å². The number of amides is 1. The molecule has 98 valence electrons. The summed E-state index contributed by atoms with van der Waals surface area (Å²) >= 11 is 0. The Morgan fingerprint density at radius 1 is 1.37 bits per heavy atom. The van der Waals surface area contributed by atoms with Gasteiger partial charge in [-0.2, -0.15) is 0 Å². The van der Waals surface area contributed by atoms with Crippen molar-refractivity contribution >= 4 is 5.91 Å². The number of benzene rings is 1. The first-order valence-corrected chi connectivity index (χ1v) is 5.76. The Labute approximate surface area is 109 Å². The third-order valence-corrected chi connectivity index (χ3v) is 2.77. The van der Waals surface area contributed by atoms with E-state index in [1.165, 1.54) is 0 Å². The fraction of sp³-hybridized carbons (Fsp3) is 0.154. The van der Waals surface area contributed by atoms with Crippen molar-refractivity contribution in [2.24, 2.45) is 5.84 Å². The first-order chi connectivity index (χ1) is 9.11. The van der Waals surface area contributed by atoms with Gasteiger partial charge in [-0.15, -0.1) is 0 Å². The molecule has 0 aliphatic carbocycles. The maximum Gasteiger partial charge on any atom is 0.255 e. The van der Waals surface area contributed by atoms with E-state index < -0.39 is 5.91 Å². The Hall–Kier alpha value is -2.47. The average molecular weight is 258 g/mol. The molecule has 0 bridgehead atoms. The predicted molar refractivity (Wildman–Crippen MR) is 71.1 cm³/mol. The van der Waals surface area contributed by atoms with Crippen LogP contribution in [0.3, 0.4) is 0 Å². The van der Waals surface area contributed by atoms with Crippen molar-refractivity contribution in [1.82, 2.24) is 15.4 Å². The van der Waals surface area contributed by atoms with Gasteiger partial charge in [0.15, 0.2) is 0 Å². The normalized spacial score (nSPS) is 10.2. The number of hydrogen-bond acceptors (Lipinski definition) is 4. The maximum atomic E-state index is 12.0. The molecule has 6 nitrogen and oxygen atoms in total. The van der Waals surface area contributed by atoms with Crippen LogP contribution in [0.1, 0.15) is 11.3 Å². The number of nitrogens with two attached hydrogens (primary N) is 1. The first-order valence-electron chi connectivity index (χ1n) is 5.76. The van der Waals surface area contributed by atoms with E-state index in [1.807, 2.05) is 35.8 Å². The van der Waals surface area contributed by atoms with Crippen LogP contribution in [0, 0.1) is 6.92 Å². The van der Waals surface area contributed by atoms with Gasteiger partial charge in [0.05, 0.1) is 6.42 Å². The number of aromatic amines is 1. The number of rotatable bonds is 3. The third-order valence-electron chi connectivity index (χ3n) is 2.77. The molecule has 0 unspecified atom stereocenters. The summed E-state index contributed by atoms with van der Waals surface area (Å²) in [7, 11) is 0. The van der Waals surface area contributed by atoms with E-state index in [0.29, 0.717) is 17.1 Å². The van der Waals surface area contributed by atoms with Crippen LogP contribution in [0.4, 0.5) is 0 Å². The number of aromatic nitrogens is 2. The minimum Gasteiger partial charge on any atom is -0.306 e. The highest BCUT2D eigenvalue weighted by molar-refractivity contribution is 5.78. The van der Waals surface area contributed by atoms with Gasteiger partial charge >= 0.3 is 0 Å². The summed E-state index contributed by atoms with van der Waals surface area (Å²) in [4.78, 5) is 30.2. The van der Waals surface area contributed by atoms with Crippen molar-refractivity contribution in [3.05, 3.63) is 51.9 Å². The maximum absolute atomic E-state index is 12.0. The Morgan fingerprint density at radius 2 is 2.05 bits per heavy atom. The van der Waals surface area contributed by atoms with Gasteiger partial charge in [0.25, 0.3) is 5.56 Å². The lowest BCUT2D eigenvalue weighted by Gasteiger charge is -2.06. The summed E-state index contributed by atoms with van der Waals surface area (Å²) in [5, 5.41) is 0. The van der Waals surface area contributed by atoms with Crippen LogP contribution in [0.2, 0.25) is 0 Å². The third kappa shape index (κ3) is 2.86. The van der Waals surface area contributed by atoms with Crippen LogP contribution in [0.25, 0.3) is 11.4 Å². The van der Waals surface area contributed by atoms with Gasteiger partial charge in [-0.05, 0) is 6.92 Å². The molecule has 6 heteroatoms. The van der Waals surface area contributed by atoms with E-state index in [2.05, 4.69) is 9.97 Å². The lowest BCUT2D eigenvalue weighted by molar-refractivity contribution is -0.120. The second-order valence-corrected chi connectivity index (χ2v) is 4.09. The molecule has 2 aromatic rings. The fourth-order valence-electron chi connectivity index (χ4n) is 1.76. The predicted octanol–water partition coefficient (Wildman–Crippen LogP) is 0.278. The van der Waals surface area contributed by atoms with Gasteiger partial charge in [0.1, 0.15) is 5.82 Å². The molecule has 0 aliphatic heterocycles. The number of aryl methyl sites for hydroxylation is 1. The zero-order valence-corrected chi connectivity index (χ0v) is 10.4. The largest absolute Gasteiger partial charge is 0.306 e. The Bertz CT molecular complexity index is 649. The first kappa shape index (κ1) is 13.0. The van der Waals surface area contributed by atoms with Gasteiger partial charge in [-0.25, -0.2) is 10.8 Å². The highest BCUT2D eigenvalue weighted by atomic mass is 16.2. The molecule has 0 aliphatic rings. The van der Waals surface area contributed by atoms with E-state index in [-0.39, 0.29) is 12.0 Å². The molecule has 1 amide bonds. The lowest BCUT2D eigenvalue weighted by Crippen LogP contribution is -2.33. The quantitative estimate of drug-likeness (QED) is 0.418. The molecule has 1 heterocycles. The summed E-state index contributed by atoms with van der Waals surface area (Å²) < 4.78 is 0. The second-order valence-electron chi connectivity index (χ2n) is 4.09. The van der Waals surface area contributed by atoms with Crippen LogP contribution in [0.15, 0.2) is 35.1 Å². The fourth-order valence-corrected chi connectivity index (χ4v) is 1.76. The Balaban J connectivity index is 2.43. The van der Waals surface area contributed by atoms with Crippen molar-refractivity contribution in [2.45, 2.75) is 13.3 Å². The summed E-state index contributed by atoms with van der Waals surface area (Å²) in [6.45, 7) is 1.70. The highest BCUT2D eigenvalue weighted by Gasteiger charge is 2.12. The van der Waals surface area contributed by atoms with Crippen molar-refractivity contribution < 1.29 is 4.79 Å². The number of nitrogens with one attached hydrogen (secondary N) is 2. The summed E-state index contributed by atoms with van der Waals surface area (Å²) in [5.74, 6) is 5.07. The molecule has 0 saturated carbocycles.